The first kappa shape index (κ1) is 19.7. The number of Topliss-reactive ketones (excluding diaryl/α,β-unsaturated/α-hetero) is 1. The number of carbonyl (C=O) groups is 1. The number of ether oxygens (including phenoxy) is 2. The maximum Gasteiger partial charge on any atom is 0.387 e. The van der Waals surface area contributed by atoms with E-state index in [2.05, 4.69) is 15.2 Å². The summed E-state index contributed by atoms with van der Waals surface area (Å²) < 4.78 is 36.8. The maximum atomic E-state index is 13.0. The van der Waals surface area contributed by atoms with Crippen LogP contribution < -0.4 is 9.47 Å². The second-order valence-electron chi connectivity index (χ2n) is 7.95. The highest BCUT2D eigenvalue weighted by molar-refractivity contribution is 6.15. The van der Waals surface area contributed by atoms with Crippen LogP contribution in [0.25, 0.3) is 17.1 Å². The lowest BCUT2D eigenvalue weighted by Crippen LogP contribution is -2.12. The fourth-order valence-electron chi connectivity index (χ4n) is 4.48. The van der Waals surface area contributed by atoms with Gasteiger partial charge in [0.2, 0.25) is 5.78 Å². The lowest BCUT2D eigenvalue weighted by atomic mass is 9.84. The predicted molar refractivity (Wildman–Crippen MR) is 110 cm³/mol. The normalized spacial score (nSPS) is 18.0. The van der Waals surface area contributed by atoms with Gasteiger partial charge in [0.15, 0.2) is 11.4 Å². The van der Waals surface area contributed by atoms with Crippen LogP contribution in [0, 0.1) is 5.92 Å². The molecule has 0 unspecified atom stereocenters. The molecule has 0 spiro atoms. The van der Waals surface area contributed by atoms with E-state index < -0.39 is 6.61 Å². The fraction of sp³-hybridized carbons (Fsp3) is 0.348. The van der Waals surface area contributed by atoms with Crippen LogP contribution in [0.5, 0.6) is 11.5 Å². The number of hydrogen-bond donors (Lipinski definition) is 1. The molecule has 0 atom stereocenters. The van der Waals surface area contributed by atoms with Gasteiger partial charge in [0.25, 0.3) is 0 Å². The molecule has 3 heterocycles. The van der Waals surface area contributed by atoms with Crippen LogP contribution in [0.2, 0.25) is 0 Å². The van der Waals surface area contributed by atoms with E-state index in [9.17, 15) is 13.6 Å². The molecule has 0 radical (unpaired) electrons. The quantitative estimate of drug-likeness (QED) is 0.562. The molecule has 5 rings (SSSR count). The number of halogens is 2. The summed E-state index contributed by atoms with van der Waals surface area (Å²) in [6.45, 7) is -2.95. The molecule has 1 aromatic carbocycles. The number of allylic oxidation sites excluding steroid dienone is 1. The number of ketones is 1. The van der Waals surface area contributed by atoms with E-state index >= 15 is 0 Å². The van der Waals surface area contributed by atoms with Crippen LogP contribution in [0.3, 0.4) is 0 Å². The highest BCUT2D eigenvalue weighted by atomic mass is 19.3. The molecule has 8 heteroatoms. The second kappa shape index (κ2) is 8.09. The van der Waals surface area contributed by atoms with Gasteiger partial charge in [-0.2, -0.15) is 13.9 Å². The largest absolute Gasteiger partial charge is 0.452 e. The Labute approximate surface area is 177 Å². The number of alkyl halides is 2. The summed E-state index contributed by atoms with van der Waals surface area (Å²) in [6, 6.07) is 6.56. The van der Waals surface area contributed by atoms with Crippen LogP contribution in [0.4, 0.5) is 8.78 Å². The Kier molecular flexibility index (Phi) is 5.13. The SMILES string of the molecule is O=C1/C(=C/c2n[nH]c3ncccc23)Oc2c1ccc(OC(F)F)c2CC1CCCCC1. The van der Waals surface area contributed by atoms with Crippen LogP contribution in [0.15, 0.2) is 36.2 Å². The number of H-pyrrole nitrogens is 1. The minimum Gasteiger partial charge on any atom is -0.452 e. The minimum absolute atomic E-state index is 0.0720. The molecule has 2 aromatic heterocycles. The Bertz CT molecular complexity index is 1170. The van der Waals surface area contributed by atoms with Crippen molar-refractivity contribution in [1.82, 2.24) is 15.2 Å². The van der Waals surface area contributed by atoms with Crippen LogP contribution in [-0.4, -0.2) is 27.6 Å². The van der Waals surface area contributed by atoms with Gasteiger partial charge in [-0.25, -0.2) is 4.98 Å². The van der Waals surface area contributed by atoms with Crippen LogP contribution in [-0.2, 0) is 6.42 Å². The zero-order valence-corrected chi connectivity index (χ0v) is 16.7. The number of carbonyl (C=O) groups excluding carboxylic acids is 1. The zero-order chi connectivity index (χ0) is 21.4. The summed E-state index contributed by atoms with van der Waals surface area (Å²) in [5, 5.41) is 7.78. The number of rotatable bonds is 5. The average molecular weight is 425 g/mol. The van der Waals surface area contributed by atoms with Crippen LogP contribution >= 0.6 is 0 Å². The molecule has 1 aliphatic carbocycles. The standard InChI is InChI=1S/C23H21F2N3O3/c24-23(25)31-18-9-8-15-20(29)19(12-17-14-7-4-10-26-22(14)28-27-17)30-21(15)16(18)11-13-5-2-1-3-6-13/h4,7-10,12-13,23H,1-3,5-6,11H2,(H,26,27,28)/b19-12-. The van der Waals surface area contributed by atoms with Crippen molar-refractivity contribution < 1.29 is 23.0 Å². The Morgan fingerprint density at radius 2 is 2.06 bits per heavy atom. The van der Waals surface area contributed by atoms with Gasteiger partial charge in [-0.05, 0) is 36.6 Å². The van der Waals surface area contributed by atoms with Crippen molar-refractivity contribution in [2.45, 2.75) is 45.1 Å². The zero-order valence-electron chi connectivity index (χ0n) is 16.7. The molecule has 0 amide bonds. The van der Waals surface area contributed by atoms with Crippen molar-refractivity contribution in [1.29, 1.82) is 0 Å². The monoisotopic (exact) mass is 425 g/mol. The predicted octanol–water partition coefficient (Wildman–Crippen LogP) is 5.30. The lowest BCUT2D eigenvalue weighted by molar-refractivity contribution is -0.0506. The van der Waals surface area contributed by atoms with Crippen LogP contribution in [0.1, 0.15) is 53.7 Å². The summed E-state index contributed by atoms with van der Waals surface area (Å²) in [5.74, 6) is 0.545. The third-order valence-electron chi connectivity index (χ3n) is 5.97. The first-order valence-electron chi connectivity index (χ1n) is 10.4. The summed E-state index contributed by atoms with van der Waals surface area (Å²) in [4.78, 5) is 17.2. The number of nitrogens with one attached hydrogen (secondary N) is 1. The Hall–Kier alpha value is -3.29. The molecule has 0 bridgehead atoms. The summed E-state index contributed by atoms with van der Waals surface area (Å²) in [5.41, 5.74) is 2.02. The summed E-state index contributed by atoms with van der Waals surface area (Å²) in [7, 11) is 0. The topological polar surface area (TPSA) is 77.1 Å². The maximum absolute atomic E-state index is 13.0. The van der Waals surface area contributed by atoms with E-state index in [0.717, 1.165) is 31.1 Å². The van der Waals surface area contributed by atoms with Gasteiger partial charge in [-0.3, -0.25) is 9.89 Å². The molecule has 31 heavy (non-hydrogen) atoms. The van der Waals surface area contributed by atoms with Crippen molar-refractivity contribution >= 4 is 22.9 Å². The number of aromatic nitrogens is 3. The summed E-state index contributed by atoms with van der Waals surface area (Å²) in [6.07, 6.45) is 9.24. The third-order valence-corrected chi connectivity index (χ3v) is 5.97. The van der Waals surface area contributed by atoms with Crippen molar-refractivity contribution in [3.8, 4) is 11.5 Å². The Morgan fingerprint density at radius 3 is 2.87 bits per heavy atom. The molecule has 0 saturated heterocycles. The number of pyridine rings is 1. The smallest absolute Gasteiger partial charge is 0.387 e. The van der Waals surface area contributed by atoms with E-state index in [1.54, 1.807) is 18.3 Å². The molecule has 160 valence electrons. The molecule has 1 N–H and O–H groups in total. The summed E-state index contributed by atoms with van der Waals surface area (Å²) >= 11 is 0. The molecular formula is C23H21F2N3O3. The van der Waals surface area contributed by atoms with Crippen molar-refractivity contribution in [2.24, 2.45) is 5.92 Å². The van der Waals surface area contributed by atoms with Gasteiger partial charge >= 0.3 is 6.61 Å². The first-order valence-corrected chi connectivity index (χ1v) is 10.4. The lowest BCUT2D eigenvalue weighted by Gasteiger charge is -2.23. The molecular weight excluding hydrogens is 404 g/mol. The minimum atomic E-state index is -2.95. The Morgan fingerprint density at radius 1 is 1.23 bits per heavy atom. The van der Waals surface area contributed by atoms with E-state index in [1.807, 2.05) is 6.07 Å². The van der Waals surface area contributed by atoms with E-state index in [1.165, 1.54) is 18.6 Å². The highest BCUT2D eigenvalue weighted by Crippen LogP contribution is 2.43. The molecule has 6 nitrogen and oxygen atoms in total. The number of hydrogen-bond acceptors (Lipinski definition) is 5. The number of fused-ring (bicyclic) bond motifs is 2. The van der Waals surface area contributed by atoms with Gasteiger partial charge in [0.05, 0.1) is 11.3 Å². The second-order valence-corrected chi connectivity index (χ2v) is 7.95. The van der Waals surface area contributed by atoms with Gasteiger partial charge in [0, 0.05) is 23.2 Å². The van der Waals surface area contributed by atoms with Gasteiger partial charge < -0.3 is 9.47 Å². The van der Waals surface area contributed by atoms with Gasteiger partial charge in [0.1, 0.15) is 11.5 Å². The molecule has 2 aliphatic rings. The Balaban J connectivity index is 1.52. The molecule has 1 aliphatic heterocycles. The van der Waals surface area contributed by atoms with Crippen molar-refractivity contribution in [3.63, 3.8) is 0 Å². The molecule has 3 aromatic rings. The fourth-order valence-corrected chi connectivity index (χ4v) is 4.48. The molecule has 1 saturated carbocycles. The number of nitrogens with zero attached hydrogens (tertiary/aromatic N) is 2. The van der Waals surface area contributed by atoms with Crippen molar-refractivity contribution in [2.75, 3.05) is 0 Å². The number of aromatic amines is 1. The molecule has 1 fully saturated rings. The van der Waals surface area contributed by atoms with Crippen molar-refractivity contribution in [3.05, 3.63) is 53.0 Å². The average Bonchev–Trinajstić information content (AvgIpc) is 3.32. The van der Waals surface area contributed by atoms with E-state index in [0.29, 0.717) is 40.6 Å². The highest BCUT2D eigenvalue weighted by Gasteiger charge is 2.33. The third kappa shape index (κ3) is 3.78. The number of benzene rings is 1. The van der Waals surface area contributed by atoms with E-state index in [4.69, 9.17) is 9.47 Å². The van der Waals surface area contributed by atoms with E-state index in [-0.39, 0.29) is 17.3 Å². The van der Waals surface area contributed by atoms with Gasteiger partial charge in [-0.15, -0.1) is 0 Å². The van der Waals surface area contributed by atoms with Gasteiger partial charge in [-0.1, -0.05) is 32.1 Å². The first-order chi connectivity index (χ1) is 15.1.